The number of piperazine rings is 1. The predicted molar refractivity (Wildman–Crippen MR) is 75.2 cm³/mol. The van der Waals surface area contributed by atoms with E-state index in [1.165, 1.54) is 0 Å². The van der Waals surface area contributed by atoms with Crippen LogP contribution in [0.2, 0.25) is 0 Å². The van der Waals surface area contributed by atoms with Crippen molar-refractivity contribution < 1.29 is 13.9 Å². The third-order valence-corrected chi connectivity index (χ3v) is 3.93. The molecule has 0 unspecified atom stereocenters. The molecule has 1 N–H and O–H groups in total. The van der Waals surface area contributed by atoms with Crippen LogP contribution in [0, 0.1) is 0 Å². The summed E-state index contributed by atoms with van der Waals surface area (Å²) < 4.78 is 24.1. The second kappa shape index (κ2) is 6.41. The number of nitrogens with one attached hydrogen (secondary N) is 1. The van der Waals surface area contributed by atoms with Gasteiger partial charge in [-0.1, -0.05) is 6.07 Å². The highest BCUT2D eigenvalue weighted by molar-refractivity contribution is 5.44. The van der Waals surface area contributed by atoms with Crippen molar-refractivity contribution >= 4 is 0 Å². The average Bonchev–Trinajstić information content (AvgIpc) is 2.53. The van der Waals surface area contributed by atoms with E-state index in [1.807, 2.05) is 18.2 Å². The van der Waals surface area contributed by atoms with E-state index in [0.717, 1.165) is 43.2 Å². The van der Waals surface area contributed by atoms with Gasteiger partial charge in [0, 0.05) is 32.2 Å². The highest BCUT2D eigenvalue weighted by Crippen LogP contribution is 2.35. The smallest absolute Gasteiger partial charge is 0.161 e. The molecule has 2 heterocycles. The Morgan fingerprint density at radius 3 is 2.65 bits per heavy atom. The molecular formula is C15H21FN2O2. The molecule has 4 nitrogen and oxygen atoms in total. The summed E-state index contributed by atoms with van der Waals surface area (Å²) in [6.07, 6.45) is 0.527. The van der Waals surface area contributed by atoms with Gasteiger partial charge in [0.1, 0.15) is 13.2 Å². The lowest BCUT2D eigenvalue weighted by Crippen LogP contribution is -2.45. The molecule has 0 spiro atoms. The molecule has 1 atom stereocenters. The molecule has 0 amide bonds. The zero-order valence-electron chi connectivity index (χ0n) is 11.6. The fourth-order valence-electron chi connectivity index (χ4n) is 2.92. The number of fused-ring (bicyclic) bond motifs is 1. The third-order valence-electron chi connectivity index (χ3n) is 3.93. The lowest BCUT2D eigenvalue weighted by Gasteiger charge is -2.35. The molecule has 3 rings (SSSR count). The van der Waals surface area contributed by atoms with E-state index in [0.29, 0.717) is 19.6 Å². The van der Waals surface area contributed by atoms with Crippen molar-refractivity contribution in [3.8, 4) is 11.5 Å². The Labute approximate surface area is 118 Å². The van der Waals surface area contributed by atoms with E-state index >= 15 is 0 Å². The molecule has 110 valence electrons. The van der Waals surface area contributed by atoms with Crippen LogP contribution in [0.4, 0.5) is 4.39 Å². The number of benzene rings is 1. The fraction of sp³-hybridized carbons (Fsp3) is 0.600. The second-order valence-electron chi connectivity index (χ2n) is 5.18. The van der Waals surface area contributed by atoms with Crippen LogP contribution in [0.3, 0.4) is 0 Å². The summed E-state index contributed by atoms with van der Waals surface area (Å²) in [6.45, 7) is 4.72. The molecule has 5 heteroatoms. The van der Waals surface area contributed by atoms with E-state index in [4.69, 9.17) is 9.47 Å². The Balaban J connectivity index is 1.82. The number of hydrogen-bond acceptors (Lipinski definition) is 4. The van der Waals surface area contributed by atoms with Crippen LogP contribution in [0.1, 0.15) is 18.0 Å². The van der Waals surface area contributed by atoms with Crippen molar-refractivity contribution in [1.82, 2.24) is 10.2 Å². The molecule has 1 saturated heterocycles. The first-order chi connectivity index (χ1) is 9.88. The first-order valence-corrected chi connectivity index (χ1v) is 7.29. The van der Waals surface area contributed by atoms with Gasteiger partial charge >= 0.3 is 0 Å². The molecule has 2 aliphatic heterocycles. The summed E-state index contributed by atoms with van der Waals surface area (Å²) in [6, 6.07) is 6.11. The number of hydrogen-bond donors (Lipinski definition) is 1. The molecule has 2 aliphatic rings. The first-order valence-electron chi connectivity index (χ1n) is 7.29. The normalized spacial score (nSPS) is 20.6. The first kappa shape index (κ1) is 13.6. The Kier molecular flexibility index (Phi) is 4.38. The molecule has 1 fully saturated rings. The minimum absolute atomic E-state index is 0.123. The van der Waals surface area contributed by atoms with Crippen molar-refractivity contribution in [2.75, 3.05) is 46.1 Å². The maximum atomic E-state index is 12.9. The lowest BCUT2D eigenvalue weighted by molar-refractivity contribution is 0.154. The van der Waals surface area contributed by atoms with Gasteiger partial charge in [-0.25, -0.2) is 0 Å². The second-order valence-corrected chi connectivity index (χ2v) is 5.18. The van der Waals surface area contributed by atoms with Crippen LogP contribution in [0.25, 0.3) is 0 Å². The van der Waals surface area contributed by atoms with Gasteiger partial charge in [0.2, 0.25) is 0 Å². The molecule has 1 aromatic carbocycles. The molecule has 0 aliphatic carbocycles. The van der Waals surface area contributed by atoms with Gasteiger partial charge < -0.3 is 14.8 Å². The van der Waals surface area contributed by atoms with E-state index in [-0.39, 0.29) is 12.7 Å². The molecule has 0 bridgehead atoms. The number of ether oxygens (including phenoxy) is 2. The van der Waals surface area contributed by atoms with Crippen molar-refractivity contribution in [2.24, 2.45) is 0 Å². The van der Waals surface area contributed by atoms with Gasteiger partial charge in [0.05, 0.1) is 6.67 Å². The maximum Gasteiger partial charge on any atom is 0.161 e. The molecular weight excluding hydrogens is 259 g/mol. The third kappa shape index (κ3) is 2.88. The molecule has 20 heavy (non-hydrogen) atoms. The molecule has 0 saturated carbocycles. The Morgan fingerprint density at radius 2 is 1.90 bits per heavy atom. The average molecular weight is 280 g/mol. The van der Waals surface area contributed by atoms with E-state index < -0.39 is 0 Å². The predicted octanol–water partition coefficient (Wildman–Crippen LogP) is 1.76. The number of nitrogens with zero attached hydrogens (tertiary/aromatic N) is 1. The van der Waals surface area contributed by atoms with Gasteiger partial charge in [-0.05, 0) is 24.1 Å². The molecule has 1 aromatic rings. The van der Waals surface area contributed by atoms with Crippen LogP contribution in [0.15, 0.2) is 18.2 Å². The Bertz CT molecular complexity index is 449. The van der Waals surface area contributed by atoms with Gasteiger partial charge in [-0.3, -0.25) is 9.29 Å². The minimum atomic E-state index is -0.303. The van der Waals surface area contributed by atoms with Crippen LogP contribution < -0.4 is 14.8 Å². The summed E-state index contributed by atoms with van der Waals surface area (Å²) in [4.78, 5) is 2.35. The van der Waals surface area contributed by atoms with Gasteiger partial charge in [-0.15, -0.1) is 0 Å². The summed E-state index contributed by atoms with van der Waals surface area (Å²) >= 11 is 0. The van der Waals surface area contributed by atoms with Crippen molar-refractivity contribution in [3.05, 3.63) is 23.8 Å². The van der Waals surface area contributed by atoms with Crippen LogP contribution >= 0.6 is 0 Å². The topological polar surface area (TPSA) is 33.7 Å². The number of rotatable bonds is 4. The van der Waals surface area contributed by atoms with Crippen LogP contribution in [-0.4, -0.2) is 51.0 Å². The number of halogens is 1. The van der Waals surface area contributed by atoms with Crippen molar-refractivity contribution in [2.45, 2.75) is 12.5 Å². The van der Waals surface area contributed by atoms with Gasteiger partial charge in [0.15, 0.2) is 11.5 Å². The fourth-order valence-corrected chi connectivity index (χ4v) is 2.92. The molecule has 0 radical (unpaired) electrons. The van der Waals surface area contributed by atoms with Crippen LogP contribution in [0.5, 0.6) is 11.5 Å². The maximum absolute atomic E-state index is 12.9. The Morgan fingerprint density at radius 1 is 1.15 bits per heavy atom. The van der Waals surface area contributed by atoms with E-state index in [1.54, 1.807) is 0 Å². The Hall–Kier alpha value is -1.33. The highest BCUT2D eigenvalue weighted by atomic mass is 19.1. The quantitative estimate of drug-likeness (QED) is 0.911. The van der Waals surface area contributed by atoms with Crippen LogP contribution in [-0.2, 0) is 0 Å². The van der Waals surface area contributed by atoms with Gasteiger partial charge in [-0.2, -0.15) is 0 Å². The van der Waals surface area contributed by atoms with Gasteiger partial charge in [0.25, 0.3) is 0 Å². The zero-order valence-corrected chi connectivity index (χ0v) is 11.6. The number of alkyl halides is 1. The lowest BCUT2D eigenvalue weighted by atomic mass is 10.0. The zero-order chi connectivity index (χ0) is 13.8. The van der Waals surface area contributed by atoms with E-state index in [9.17, 15) is 4.39 Å². The summed E-state index contributed by atoms with van der Waals surface area (Å²) in [7, 11) is 0. The van der Waals surface area contributed by atoms with Crippen molar-refractivity contribution in [1.29, 1.82) is 0 Å². The monoisotopic (exact) mass is 280 g/mol. The minimum Gasteiger partial charge on any atom is -0.486 e. The summed E-state index contributed by atoms with van der Waals surface area (Å²) in [5.41, 5.74) is 1.12. The SMILES string of the molecule is FCC[C@H](c1ccc2c(c1)OCCO2)N1CCNCC1. The standard InChI is InChI=1S/C15H21FN2O2/c16-4-3-13(18-7-5-17-6-8-18)12-1-2-14-15(11-12)20-10-9-19-14/h1-2,11,13,17H,3-10H2/t13-/m1/s1. The highest BCUT2D eigenvalue weighted by Gasteiger charge is 2.23. The summed E-state index contributed by atoms with van der Waals surface area (Å²) in [5.74, 6) is 1.58. The largest absolute Gasteiger partial charge is 0.486 e. The molecule has 0 aromatic heterocycles. The summed E-state index contributed by atoms with van der Waals surface area (Å²) in [5, 5.41) is 3.33. The van der Waals surface area contributed by atoms with Crippen molar-refractivity contribution in [3.63, 3.8) is 0 Å². The van der Waals surface area contributed by atoms with E-state index in [2.05, 4.69) is 10.2 Å².